The zero-order valence-corrected chi connectivity index (χ0v) is 20.2. The zero-order chi connectivity index (χ0) is 22.0. The molecule has 3 rings (SSSR count). The fourth-order valence-electron chi connectivity index (χ4n) is 3.33. The highest BCUT2D eigenvalue weighted by Gasteiger charge is 2.14. The van der Waals surface area contributed by atoms with Gasteiger partial charge in [0.25, 0.3) is 0 Å². The molecule has 158 valence electrons. The number of carbonyl (C=O) groups excluding carboxylic acids is 1. The number of benzene rings is 2. The number of amides is 1. The molecule has 0 fully saturated rings. The molecule has 0 saturated heterocycles. The van der Waals surface area contributed by atoms with E-state index in [0.717, 1.165) is 43.4 Å². The van der Waals surface area contributed by atoms with Crippen molar-refractivity contribution in [1.29, 1.82) is 0 Å². The van der Waals surface area contributed by atoms with Crippen LogP contribution in [-0.2, 0) is 29.5 Å². The standard InChI is InChI=1S/C22H23Br2N3O3/c1-12(2)6-20-26-18-5-4-13(8-19(18)27(20)3)7-15-16(23)9-14(10-17(15)24)25-21(28)11-22(29)30/h4-5,8-10,12H,6-7,11H2,1-3H3,(H,25,28)(H,29,30). The molecule has 8 heteroatoms. The van der Waals surface area contributed by atoms with Crippen LogP contribution in [0.5, 0.6) is 0 Å². The number of hydrogen-bond acceptors (Lipinski definition) is 3. The molecule has 0 spiro atoms. The Balaban J connectivity index is 1.85. The van der Waals surface area contributed by atoms with Crippen LogP contribution in [0.4, 0.5) is 5.69 Å². The van der Waals surface area contributed by atoms with Gasteiger partial charge in [-0.3, -0.25) is 9.59 Å². The monoisotopic (exact) mass is 535 g/mol. The van der Waals surface area contributed by atoms with Gasteiger partial charge < -0.3 is 15.0 Å². The van der Waals surface area contributed by atoms with E-state index in [1.54, 1.807) is 12.1 Å². The van der Waals surface area contributed by atoms with Gasteiger partial charge in [0.2, 0.25) is 5.91 Å². The van der Waals surface area contributed by atoms with E-state index >= 15 is 0 Å². The third-order valence-corrected chi connectivity index (χ3v) is 6.16. The Bertz CT molecular complexity index is 1100. The maximum Gasteiger partial charge on any atom is 0.312 e. The number of hydrogen-bond donors (Lipinski definition) is 2. The van der Waals surface area contributed by atoms with E-state index in [4.69, 9.17) is 10.1 Å². The molecule has 0 aliphatic heterocycles. The van der Waals surface area contributed by atoms with Crippen molar-refractivity contribution < 1.29 is 14.7 Å². The van der Waals surface area contributed by atoms with Crippen molar-refractivity contribution in [2.45, 2.75) is 33.1 Å². The van der Waals surface area contributed by atoms with Crippen molar-refractivity contribution >= 4 is 60.5 Å². The molecule has 0 bridgehead atoms. The second-order valence-corrected chi connectivity index (χ2v) is 9.43. The number of aromatic nitrogens is 2. The van der Waals surface area contributed by atoms with Gasteiger partial charge in [-0.1, -0.05) is 51.8 Å². The Morgan fingerprint density at radius 3 is 2.43 bits per heavy atom. The maximum atomic E-state index is 11.7. The number of fused-ring (bicyclic) bond motifs is 1. The molecule has 0 atom stereocenters. The van der Waals surface area contributed by atoms with Gasteiger partial charge in [0.05, 0.1) is 11.0 Å². The normalized spacial score (nSPS) is 11.3. The summed E-state index contributed by atoms with van der Waals surface area (Å²) in [7, 11) is 2.05. The first kappa shape index (κ1) is 22.5. The number of rotatable bonds is 7. The van der Waals surface area contributed by atoms with Gasteiger partial charge in [0, 0.05) is 28.1 Å². The number of nitrogens with zero attached hydrogens (tertiary/aromatic N) is 2. The summed E-state index contributed by atoms with van der Waals surface area (Å²) in [4.78, 5) is 27.2. The van der Waals surface area contributed by atoms with Crippen LogP contribution in [-0.4, -0.2) is 26.5 Å². The quantitative estimate of drug-likeness (QED) is 0.401. The van der Waals surface area contributed by atoms with E-state index in [0.29, 0.717) is 18.0 Å². The van der Waals surface area contributed by atoms with Crippen molar-refractivity contribution in [3.05, 3.63) is 56.2 Å². The molecule has 6 nitrogen and oxygen atoms in total. The van der Waals surface area contributed by atoms with E-state index in [1.807, 2.05) is 0 Å². The highest BCUT2D eigenvalue weighted by Crippen LogP contribution is 2.32. The molecule has 30 heavy (non-hydrogen) atoms. The molecule has 0 unspecified atom stereocenters. The number of carbonyl (C=O) groups is 2. The van der Waals surface area contributed by atoms with Crippen molar-refractivity contribution in [2.75, 3.05) is 5.32 Å². The van der Waals surface area contributed by atoms with Gasteiger partial charge in [-0.25, -0.2) is 4.98 Å². The zero-order valence-electron chi connectivity index (χ0n) is 17.0. The molecule has 1 amide bonds. The largest absolute Gasteiger partial charge is 0.481 e. The topological polar surface area (TPSA) is 84.2 Å². The Morgan fingerprint density at radius 2 is 1.83 bits per heavy atom. The molecule has 0 radical (unpaired) electrons. The van der Waals surface area contributed by atoms with Gasteiger partial charge in [-0.05, 0) is 47.7 Å². The minimum Gasteiger partial charge on any atom is -0.481 e. The number of halogens is 2. The second kappa shape index (κ2) is 9.31. The predicted molar refractivity (Wildman–Crippen MR) is 125 cm³/mol. The summed E-state index contributed by atoms with van der Waals surface area (Å²) < 4.78 is 3.81. The summed E-state index contributed by atoms with van der Waals surface area (Å²) in [6.07, 6.45) is 1.05. The predicted octanol–water partition coefficient (Wildman–Crippen LogP) is 5.30. The Hall–Kier alpha value is -2.19. The minimum atomic E-state index is -1.16. The number of carboxylic acid groups (broad SMARTS) is 1. The van der Waals surface area contributed by atoms with Gasteiger partial charge in [-0.15, -0.1) is 0 Å². The maximum absolute atomic E-state index is 11.7. The molecular weight excluding hydrogens is 514 g/mol. The van der Waals surface area contributed by atoms with E-state index in [1.165, 1.54) is 0 Å². The molecule has 3 aromatic rings. The lowest BCUT2D eigenvalue weighted by Gasteiger charge is -2.12. The van der Waals surface area contributed by atoms with Crippen LogP contribution in [0.3, 0.4) is 0 Å². The summed E-state index contributed by atoms with van der Waals surface area (Å²) in [5, 5.41) is 11.3. The molecule has 0 aliphatic carbocycles. The van der Waals surface area contributed by atoms with Crippen LogP contribution in [0, 0.1) is 5.92 Å². The SMILES string of the molecule is CC(C)Cc1nc2ccc(Cc3c(Br)cc(NC(=O)CC(=O)O)cc3Br)cc2n1C. The molecule has 0 saturated carbocycles. The van der Waals surface area contributed by atoms with Gasteiger partial charge >= 0.3 is 5.97 Å². The van der Waals surface area contributed by atoms with Gasteiger partial charge in [-0.2, -0.15) is 0 Å². The van der Waals surface area contributed by atoms with Crippen LogP contribution in [0.1, 0.15) is 37.2 Å². The minimum absolute atomic E-state index is 0.532. The lowest BCUT2D eigenvalue weighted by atomic mass is 10.0. The highest BCUT2D eigenvalue weighted by atomic mass is 79.9. The molecule has 0 aliphatic rings. The summed E-state index contributed by atoms with van der Waals surface area (Å²) in [6, 6.07) is 9.85. The van der Waals surface area contributed by atoms with E-state index in [-0.39, 0.29) is 0 Å². The van der Waals surface area contributed by atoms with E-state index in [2.05, 4.69) is 80.8 Å². The summed E-state index contributed by atoms with van der Waals surface area (Å²) >= 11 is 7.15. The number of aliphatic carboxylic acids is 1. The fourth-order valence-corrected chi connectivity index (χ4v) is 4.80. The Morgan fingerprint density at radius 1 is 1.17 bits per heavy atom. The number of nitrogens with one attached hydrogen (secondary N) is 1. The molecule has 1 heterocycles. The lowest BCUT2D eigenvalue weighted by molar-refractivity contribution is -0.139. The summed E-state index contributed by atoms with van der Waals surface area (Å²) in [5.74, 6) is -0.0976. The van der Waals surface area contributed by atoms with Crippen LogP contribution in [0.15, 0.2) is 39.3 Å². The van der Waals surface area contributed by atoms with Crippen molar-refractivity contribution in [1.82, 2.24) is 9.55 Å². The lowest BCUT2D eigenvalue weighted by Crippen LogP contribution is -2.16. The first-order valence-corrected chi connectivity index (χ1v) is 11.2. The number of anilines is 1. The molecular formula is C22H23Br2N3O3. The molecule has 1 aromatic heterocycles. The molecule has 2 aromatic carbocycles. The first-order chi connectivity index (χ1) is 14.1. The van der Waals surface area contributed by atoms with E-state index < -0.39 is 18.3 Å². The van der Waals surface area contributed by atoms with Gasteiger partial charge in [0.15, 0.2) is 0 Å². The summed E-state index contributed by atoms with van der Waals surface area (Å²) in [5.41, 5.74) is 4.81. The van der Waals surface area contributed by atoms with Gasteiger partial charge in [0.1, 0.15) is 12.2 Å². The van der Waals surface area contributed by atoms with Crippen LogP contribution in [0.2, 0.25) is 0 Å². The number of aryl methyl sites for hydroxylation is 1. The second-order valence-electron chi connectivity index (χ2n) is 7.72. The van der Waals surface area contributed by atoms with E-state index in [9.17, 15) is 9.59 Å². The average molecular weight is 537 g/mol. The average Bonchev–Trinajstić information content (AvgIpc) is 2.92. The van der Waals surface area contributed by atoms with Crippen LogP contribution >= 0.6 is 31.9 Å². The van der Waals surface area contributed by atoms with Crippen LogP contribution < -0.4 is 5.32 Å². The number of imidazole rings is 1. The Labute approximate surface area is 191 Å². The van der Waals surface area contributed by atoms with Crippen molar-refractivity contribution in [2.24, 2.45) is 13.0 Å². The van der Waals surface area contributed by atoms with Crippen molar-refractivity contribution in [3.8, 4) is 0 Å². The Kier molecular flexibility index (Phi) is 6.98. The smallest absolute Gasteiger partial charge is 0.312 e. The van der Waals surface area contributed by atoms with Crippen LogP contribution in [0.25, 0.3) is 11.0 Å². The highest BCUT2D eigenvalue weighted by molar-refractivity contribution is 9.11. The third kappa shape index (κ3) is 5.29. The molecule has 2 N–H and O–H groups in total. The third-order valence-electron chi connectivity index (χ3n) is 4.75. The number of carboxylic acids is 1. The van der Waals surface area contributed by atoms with Crippen molar-refractivity contribution in [3.63, 3.8) is 0 Å². The fraction of sp³-hybridized carbons (Fsp3) is 0.318. The first-order valence-electron chi connectivity index (χ1n) is 9.57. The summed E-state index contributed by atoms with van der Waals surface area (Å²) in [6.45, 7) is 4.38.